The molecular weight excluding hydrogens is 259 g/mol. The SMILES string of the molecule is O=c1[nH]ncc(NCCCCC(F)(F)F)c1Cl. The number of hydrogen-bond acceptors (Lipinski definition) is 3. The van der Waals surface area contributed by atoms with Gasteiger partial charge in [-0.2, -0.15) is 18.3 Å². The summed E-state index contributed by atoms with van der Waals surface area (Å²) in [6.45, 7) is 0.306. The highest BCUT2D eigenvalue weighted by Gasteiger charge is 2.25. The topological polar surface area (TPSA) is 57.8 Å². The molecule has 0 aliphatic rings. The molecule has 0 saturated heterocycles. The lowest BCUT2D eigenvalue weighted by Crippen LogP contribution is -2.13. The maximum Gasteiger partial charge on any atom is 0.389 e. The summed E-state index contributed by atoms with van der Waals surface area (Å²) in [5.74, 6) is 0. The Bertz CT molecular complexity index is 419. The van der Waals surface area contributed by atoms with Crippen LogP contribution in [0, 0.1) is 0 Å². The van der Waals surface area contributed by atoms with Gasteiger partial charge in [0.25, 0.3) is 5.56 Å². The molecule has 0 unspecified atom stereocenters. The first-order valence-corrected chi connectivity index (χ1v) is 5.32. The monoisotopic (exact) mass is 269 g/mol. The van der Waals surface area contributed by atoms with E-state index in [9.17, 15) is 18.0 Å². The molecule has 0 aliphatic carbocycles. The van der Waals surface area contributed by atoms with Crippen molar-refractivity contribution in [3.8, 4) is 0 Å². The van der Waals surface area contributed by atoms with Crippen LogP contribution in [-0.4, -0.2) is 22.9 Å². The summed E-state index contributed by atoms with van der Waals surface area (Å²) in [7, 11) is 0. The molecule has 1 heterocycles. The summed E-state index contributed by atoms with van der Waals surface area (Å²) < 4.78 is 35.5. The van der Waals surface area contributed by atoms with Crippen LogP contribution in [-0.2, 0) is 0 Å². The van der Waals surface area contributed by atoms with Gasteiger partial charge in [-0.3, -0.25) is 4.79 Å². The van der Waals surface area contributed by atoms with Crippen LogP contribution >= 0.6 is 11.6 Å². The van der Waals surface area contributed by atoms with Crippen LogP contribution in [0.15, 0.2) is 11.0 Å². The van der Waals surface area contributed by atoms with Crippen LogP contribution in [0.5, 0.6) is 0 Å². The molecule has 0 spiro atoms. The summed E-state index contributed by atoms with van der Waals surface area (Å²) in [6, 6.07) is 0. The maximum absolute atomic E-state index is 11.8. The zero-order valence-corrected chi connectivity index (χ0v) is 9.53. The first kappa shape index (κ1) is 13.8. The van der Waals surface area contributed by atoms with Crippen molar-refractivity contribution in [3.63, 3.8) is 0 Å². The van der Waals surface area contributed by atoms with Crippen LogP contribution < -0.4 is 10.9 Å². The smallest absolute Gasteiger partial charge is 0.382 e. The molecule has 0 aliphatic heterocycles. The second-order valence-electron chi connectivity index (χ2n) is 3.43. The Morgan fingerprint density at radius 2 is 2.12 bits per heavy atom. The van der Waals surface area contributed by atoms with Gasteiger partial charge >= 0.3 is 6.18 Å². The third kappa shape index (κ3) is 5.08. The van der Waals surface area contributed by atoms with Crippen LogP contribution in [0.4, 0.5) is 18.9 Å². The van der Waals surface area contributed by atoms with Gasteiger partial charge in [-0.05, 0) is 12.8 Å². The Labute approximate surface area is 100 Å². The summed E-state index contributed by atoms with van der Waals surface area (Å²) in [5.41, 5.74) is -0.214. The molecule has 0 saturated carbocycles. The van der Waals surface area contributed by atoms with E-state index in [0.717, 1.165) is 0 Å². The fourth-order valence-corrected chi connectivity index (χ4v) is 1.34. The summed E-state index contributed by atoms with van der Waals surface area (Å²) in [5, 5.41) is 8.37. The molecule has 96 valence electrons. The van der Waals surface area contributed by atoms with E-state index < -0.39 is 18.2 Å². The number of aromatic amines is 1. The lowest BCUT2D eigenvalue weighted by molar-refractivity contribution is -0.135. The van der Waals surface area contributed by atoms with E-state index in [2.05, 4.69) is 15.5 Å². The fraction of sp³-hybridized carbons (Fsp3) is 0.556. The second kappa shape index (κ2) is 5.90. The third-order valence-corrected chi connectivity index (χ3v) is 2.37. The number of aromatic nitrogens is 2. The Kier molecular flexibility index (Phi) is 4.80. The Balaban J connectivity index is 2.32. The number of rotatable bonds is 5. The molecule has 1 rings (SSSR count). The second-order valence-corrected chi connectivity index (χ2v) is 3.80. The van der Waals surface area contributed by atoms with Crippen LogP contribution in [0.1, 0.15) is 19.3 Å². The Morgan fingerprint density at radius 1 is 1.41 bits per heavy atom. The molecule has 4 nitrogen and oxygen atoms in total. The first-order valence-electron chi connectivity index (χ1n) is 4.94. The quantitative estimate of drug-likeness (QED) is 0.808. The number of halogens is 4. The number of anilines is 1. The van der Waals surface area contributed by atoms with Crippen molar-refractivity contribution in [1.29, 1.82) is 0 Å². The van der Waals surface area contributed by atoms with Crippen molar-refractivity contribution in [2.75, 3.05) is 11.9 Å². The third-order valence-electron chi connectivity index (χ3n) is 2.00. The van der Waals surface area contributed by atoms with E-state index in [0.29, 0.717) is 18.7 Å². The molecule has 0 bridgehead atoms. The largest absolute Gasteiger partial charge is 0.389 e. The average Bonchev–Trinajstić information content (AvgIpc) is 2.22. The zero-order chi connectivity index (χ0) is 12.9. The minimum Gasteiger partial charge on any atom is -0.382 e. The lowest BCUT2D eigenvalue weighted by atomic mass is 10.2. The number of H-pyrrole nitrogens is 1. The molecule has 2 N–H and O–H groups in total. The standard InChI is InChI=1S/C9H11ClF3N3O/c10-7-6(5-15-16-8(7)17)14-4-2-1-3-9(11,12)13/h5H,1-4H2,(H2,14,16,17). The predicted molar refractivity (Wildman–Crippen MR) is 58.3 cm³/mol. The molecule has 1 aromatic heterocycles. The van der Waals surface area contributed by atoms with Crippen molar-refractivity contribution >= 4 is 17.3 Å². The molecule has 17 heavy (non-hydrogen) atoms. The van der Waals surface area contributed by atoms with E-state index in [1.165, 1.54) is 6.20 Å². The van der Waals surface area contributed by atoms with Crippen molar-refractivity contribution < 1.29 is 13.2 Å². The summed E-state index contributed by atoms with van der Waals surface area (Å²) >= 11 is 5.65. The van der Waals surface area contributed by atoms with Gasteiger partial charge in [0.2, 0.25) is 0 Å². The van der Waals surface area contributed by atoms with Crippen LogP contribution in [0.2, 0.25) is 5.02 Å². The molecule has 0 amide bonds. The van der Waals surface area contributed by atoms with Gasteiger partial charge in [-0.25, -0.2) is 5.10 Å². The van der Waals surface area contributed by atoms with E-state index in [1.54, 1.807) is 0 Å². The number of unbranched alkanes of at least 4 members (excludes halogenated alkanes) is 1. The fourth-order valence-electron chi connectivity index (χ4n) is 1.18. The van der Waals surface area contributed by atoms with E-state index in [1.807, 2.05) is 0 Å². The van der Waals surface area contributed by atoms with E-state index in [4.69, 9.17) is 11.6 Å². The van der Waals surface area contributed by atoms with Crippen LogP contribution in [0.25, 0.3) is 0 Å². The van der Waals surface area contributed by atoms with Crippen molar-refractivity contribution in [1.82, 2.24) is 10.2 Å². The summed E-state index contributed by atoms with van der Waals surface area (Å²) in [6.07, 6.45) is -3.25. The number of nitrogens with zero attached hydrogens (tertiary/aromatic N) is 1. The molecule has 0 aromatic carbocycles. The maximum atomic E-state index is 11.8. The highest BCUT2D eigenvalue weighted by Crippen LogP contribution is 2.22. The first-order chi connectivity index (χ1) is 7.90. The minimum atomic E-state index is -4.12. The van der Waals surface area contributed by atoms with Gasteiger partial charge in [0, 0.05) is 13.0 Å². The lowest BCUT2D eigenvalue weighted by Gasteiger charge is -2.08. The molecule has 0 fully saturated rings. The molecule has 1 aromatic rings. The molecular formula is C9H11ClF3N3O. The van der Waals surface area contributed by atoms with Gasteiger partial charge in [-0.1, -0.05) is 11.6 Å². The predicted octanol–water partition coefficient (Wildman–Crippen LogP) is 2.57. The van der Waals surface area contributed by atoms with E-state index >= 15 is 0 Å². The normalized spacial score (nSPS) is 11.5. The van der Waals surface area contributed by atoms with Gasteiger partial charge in [0.15, 0.2) is 0 Å². The van der Waals surface area contributed by atoms with Crippen molar-refractivity contribution in [2.24, 2.45) is 0 Å². The number of alkyl halides is 3. The van der Waals surface area contributed by atoms with E-state index in [-0.39, 0.29) is 11.4 Å². The van der Waals surface area contributed by atoms with Gasteiger partial charge in [-0.15, -0.1) is 0 Å². The highest BCUT2D eigenvalue weighted by molar-refractivity contribution is 6.32. The van der Waals surface area contributed by atoms with Gasteiger partial charge in [0.05, 0.1) is 11.9 Å². The average molecular weight is 270 g/mol. The molecule has 8 heteroatoms. The number of hydrogen-bond donors (Lipinski definition) is 2. The Morgan fingerprint density at radius 3 is 2.76 bits per heavy atom. The zero-order valence-electron chi connectivity index (χ0n) is 8.77. The van der Waals surface area contributed by atoms with Crippen LogP contribution in [0.3, 0.4) is 0 Å². The molecule has 0 atom stereocenters. The van der Waals surface area contributed by atoms with Gasteiger partial charge < -0.3 is 5.32 Å². The van der Waals surface area contributed by atoms with Crippen molar-refractivity contribution in [3.05, 3.63) is 21.6 Å². The van der Waals surface area contributed by atoms with Gasteiger partial charge in [0.1, 0.15) is 5.02 Å². The van der Waals surface area contributed by atoms with Crippen molar-refractivity contribution in [2.45, 2.75) is 25.4 Å². The summed E-state index contributed by atoms with van der Waals surface area (Å²) in [4.78, 5) is 11.0. The molecule has 0 radical (unpaired) electrons. The number of nitrogens with one attached hydrogen (secondary N) is 2. The highest BCUT2D eigenvalue weighted by atomic mass is 35.5. The Hall–Kier alpha value is -1.24. The minimum absolute atomic E-state index is 0.0325.